The van der Waals surface area contributed by atoms with E-state index in [1.165, 1.54) is 6.42 Å². The highest BCUT2D eigenvalue weighted by atomic mass is 16.6. The van der Waals surface area contributed by atoms with E-state index in [2.05, 4.69) is 15.3 Å². The minimum Gasteiger partial charge on any atom is -0.444 e. The van der Waals surface area contributed by atoms with Crippen molar-refractivity contribution in [2.24, 2.45) is 5.92 Å². The lowest BCUT2D eigenvalue weighted by Gasteiger charge is -2.34. The summed E-state index contributed by atoms with van der Waals surface area (Å²) in [5.41, 5.74) is 0.572. The van der Waals surface area contributed by atoms with Gasteiger partial charge in [-0.05, 0) is 58.6 Å². The average Bonchev–Trinajstić information content (AvgIpc) is 2.51. The number of carbonyl (C=O) groups excluding carboxylic acids is 1. The second kappa shape index (κ2) is 8.24. The summed E-state index contributed by atoms with van der Waals surface area (Å²) in [4.78, 5) is 22.1. The van der Waals surface area contributed by atoms with E-state index in [0.717, 1.165) is 44.7 Å². The number of amides is 1. The minimum absolute atomic E-state index is 0.184. The van der Waals surface area contributed by atoms with Crippen LogP contribution in [0, 0.1) is 5.92 Å². The standard InChI is InChI=1S/C17H28N4O2/c1-17(2,3)23-16(22)21-10-4-5-14(12-21)6-8-18-11-15-7-9-19-13-20-15/h7,9,13-14,18H,4-6,8,10-12H2,1-3H3. The van der Waals surface area contributed by atoms with Crippen LogP contribution in [0.2, 0.25) is 0 Å². The van der Waals surface area contributed by atoms with Crippen LogP contribution in [-0.4, -0.2) is 46.2 Å². The molecule has 0 spiro atoms. The van der Waals surface area contributed by atoms with E-state index >= 15 is 0 Å². The molecule has 1 aromatic heterocycles. The van der Waals surface area contributed by atoms with Gasteiger partial charge in [0.1, 0.15) is 11.9 Å². The van der Waals surface area contributed by atoms with Crippen molar-refractivity contribution in [2.45, 2.75) is 52.2 Å². The predicted molar refractivity (Wildman–Crippen MR) is 88.9 cm³/mol. The Hall–Kier alpha value is -1.69. The lowest BCUT2D eigenvalue weighted by Crippen LogP contribution is -2.43. The van der Waals surface area contributed by atoms with E-state index in [0.29, 0.717) is 5.92 Å². The van der Waals surface area contributed by atoms with Crippen molar-refractivity contribution in [2.75, 3.05) is 19.6 Å². The molecule has 1 aliphatic heterocycles. The molecule has 1 aliphatic rings. The quantitative estimate of drug-likeness (QED) is 0.845. The Bertz CT molecular complexity index is 487. The number of rotatable bonds is 5. The molecule has 0 saturated carbocycles. The number of nitrogens with zero attached hydrogens (tertiary/aromatic N) is 3. The number of nitrogens with one attached hydrogen (secondary N) is 1. The largest absolute Gasteiger partial charge is 0.444 e. The van der Waals surface area contributed by atoms with E-state index in [-0.39, 0.29) is 6.09 Å². The molecule has 1 aromatic rings. The highest BCUT2D eigenvalue weighted by Gasteiger charge is 2.27. The summed E-state index contributed by atoms with van der Waals surface area (Å²) >= 11 is 0. The molecule has 1 unspecified atom stereocenters. The maximum Gasteiger partial charge on any atom is 0.410 e. The number of piperidine rings is 1. The molecule has 0 bridgehead atoms. The Morgan fingerprint density at radius 3 is 3.00 bits per heavy atom. The van der Waals surface area contributed by atoms with E-state index in [1.807, 2.05) is 31.7 Å². The van der Waals surface area contributed by atoms with Crippen LogP contribution in [0.15, 0.2) is 18.6 Å². The van der Waals surface area contributed by atoms with E-state index < -0.39 is 5.60 Å². The van der Waals surface area contributed by atoms with Gasteiger partial charge < -0.3 is 15.0 Å². The number of aromatic nitrogens is 2. The van der Waals surface area contributed by atoms with Crippen molar-refractivity contribution < 1.29 is 9.53 Å². The summed E-state index contributed by atoms with van der Waals surface area (Å²) in [5, 5.41) is 3.41. The highest BCUT2D eigenvalue weighted by Crippen LogP contribution is 2.21. The van der Waals surface area contributed by atoms with Crippen LogP contribution >= 0.6 is 0 Å². The van der Waals surface area contributed by atoms with Crippen LogP contribution in [0.3, 0.4) is 0 Å². The molecule has 6 heteroatoms. The first-order valence-electron chi connectivity index (χ1n) is 8.37. The molecule has 23 heavy (non-hydrogen) atoms. The maximum absolute atomic E-state index is 12.1. The molecular formula is C17H28N4O2. The van der Waals surface area contributed by atoms with Crippen molar-refractivity contribution in [3.05, 3.63) is 24.3 Å². The SMILES string of the molecule is CC(C)(C)OC(=O)N1CCCC(CCNCc2ccncn2)C1. The lowest BCUT2D eigenvalue weighted by atomic mass is 9.95. The summed E-state index contributed by atoms with van der Waals surface area (Å²) < 4.78 is 5.47. The fraction of sp³-hybridized carbons (Fsp3) is 0.706. The molecule has 2 heterocycles. The fourth-order valence-electron chi connectivity index (χ4n) is 2.74. The van der Waals surface area contributed by atoms with E-state index in [4.69, 9.17) is 4.74 Å². The Kier molecular flexibility index (Phi) is 6.33. The fourth-order valence-corrected chi connectivity index (χ4v) is 2.74. The number of carbonyl (C=O) groups is 1. The van der Waals surface area contributed by atoms with Crippen LogP contribution in [0.25, 0.3) is 0 Å². The van der Waals surface area contributed by atoms with Crippen LogP contribution in [0.4, 0.5) is 4.79 Å². The Labute approximate surface area is 138 Å². The van der Waals surface area contributed by atoms with Gasteiger partial charge in [0, 0.05) is 25.8 Å². The Balaban J connectivity index is 1.68. The number of hydrogen-bond acceptors (Lipinski definition) is 5. The third-order valence-electron chi connectivity index (χ3n) is 3.85. The first-order chi connectivity index (χ1) is 10.9. The minimum atomic E-state index is -0.427. The normalized spacial score (nSPS) is 18.7. The van der Waals surface area contributed by atoms with Gasteiger partial charge in [-0.1, -0.05) is 0 Å². The first kappa shape index (κ1) is 17.7. The van der Waals surface area contributed by atoms with Crippen molar-refractivity contribution in [1.82, 2.24) is 20.2 Å². The van der Waals surface area contributed by atoms with Crippen LogP contribution in [-0.2, 0) is 11.3 Å². The predicted octanol–water partition coefficient (Wildman–Crippen LogP) is 2.60. The Morgan fingerprint density at radius 2 is 2.30 bits per heavy atom. The summed E-state index contributed by atoms with van der Waals surface area (Å²) in [5.74, 6) is 0.536. The molecule has 1 atom stereocenters. The van der Waals surface area contributed by atoms with Gasteiger partial charge in [-0.25, -0.2) is 14.8 Å². The lowest BCUT2D eigenvalue weighted by molar-refractivity contribution is 0.0162. The third-order valence-corrected chi connectivity index (χ3v) is 3.85. The van der Waals surface area contributed by atoms with Gasteiger partial charge >= 0.3 is 6.09 Å². The zero-order valence-corrected chi connectivity index (χ0v) is 14.4. The average molecular weight is 320 g/mol. The van der Waals surface area contributed by atoms with E-state index in [1.54, 1.807) is 12.5 Å². The molecule has 6 nitrogen and oxygen atoms in total. The van der Waals surface area contributed by atoms with Crippen molar-refractivity contribution in [3.8, 4) is 0 Å². The molecule has 0 aromatic carbocycles. The molecule has 2 rings (SSSR count). The smallest absolute Gasteiger partial charge is 0.410 e. The molecule has 0 radical (unpaired) electrons. The molecule has 1 amide bonds. The molecule has 1 saturated heterocycles. The van der Waals surface area contributed by atoms with Gasteiger partial charge in [0.2, 0.25) is 0 Å². The summed E-state index contributed by atoms with van der Waals surface area (Å²) in [7, 11) is 0. The van der Waals surface area contributed by atoms with Crippen LogP contribution in [0.5, 0.6) is 0 Å². The summed E-state index contributed by atoms with van der Waals surface area (Å²) in [6.45, 7) is 9.00. The number of ether oxygens (including phenoxy) is 1. The van der Waals surface area contributed by atoms with Gasteiger partial charge in [0.25, 0.3) is 0 Å². The molecule has 1 fully saturated rings. The molecular weight excluding hydrogens is 292 g/mol. The van der Waals surface area contributed by atoms with Crippen molar-refractivity contribution in [3.63, 3.8) is 0 Å². The zero-order chi connectivity index (χ0) is 16.7. The van der Waals surface area contributed by atoms with Gasteiger partial charge in [0.05, 0.1) is 5.69 Å². The third kappa shape index (κ3) is 6.52. The second-order valence-corrected chi connectivity index (χ2v) is 7.10. The maximum atomic E-state index is 12.1. The number of hydrogen-bond donors (Lipinski definition) is 1. The number of likely N-dealkylation sites (tertiary alicyclic amines) is 1. The van der Waals surface area contributed by atoms with Crippen LogP contribution in [0.1, 0.15) is 45.7 Å². The van der Waals surface area contributed by atoms with E-state index in [9.17, 15) is 4.79 Å². The summed E-state index contributed by atoms with van der Waals surface area (Å²) in [6, 6.07) is 1.91. The Morgan fingerprint density at radius 1 is 1.48 bits per heavy atom. The zero-order valence-electron chi connectivity index (χ0n) is 14.4. The molecule has 1 N–H and O–H groups in total. The molecule has 128 valence electrons. The van der Waals surface area contributed by atoms with Gasteiger partial charge in [0.15, 0.2) is 0 Å². The second-order valence-electron chi connectivity index (χ2n) is 7.10. The first-order valence-corrected chi connectivity index (χ1v) is 8.37. The summed E-state index contributed by atoms with van der Waals surface area (Å²) in [6.07, 6.45) is 6.42. The highest BCUT2D eigenvalue weighted by molar-refractivity contribution is 5.68. The monoisotopic (exact) mass is 320 g/mol. The topological polar surface area (TPSA) is 67.3 Å². The van der Waals surface area contributed by atoms with Gasteiger partial charge in [-0.2, -0.15) is 0 Å². The van der Waals surface area contributed by atoms with Gasteiger partial charge in [-0.3, -0.25) is 0 Å². The van der Waals surface area contributed by atoms with Crippen LogP contribution < -0.4 is 5.32 Å². The van der Waals surface area contributed by atoms with Crippen molar-refractivity contribution in [1.29, 1.82) is 0 Å². The van der Waals surface area contributed by atoms with Gasteiger partial charge in [-0.15, -0.1) is 0 Å². The van der Waals surface area contributed by atoms with Crippen molar-refractivity contribution >= 4 is 6.09 Å². The molecule has 0 aliphatic carbocycles.